The standard InChI is InChI=1S/C18H21NO3S/c1-5-22-18(21)14-6-7-23-17(14)19-16(20)10-15-12(3)8-11(2)9-13(15)4/h6-9H,5,10H2,1-4H3,(H,19,20). The van der Waals surface area contributed by atoms with Crippen LogP contribution in [0.5, 0.6) is 0 Å². The number of rotatable bonds is 5. The molecule has 0 spiro atoms. The average Bonchev–Trinajstić information content (AvgIpc) is 2.91. The molecular weight excluding hydrogens is 310 g/mol. The van der Waals surface area contributed by atoms with Crippen molar-refractivity contribution in [2.75, 3.05) is 11.9 Å². The molecule has 2 aromatic rings. The van der Waals surface area contributed by atoms with Gasteiger partial charge in [0, 0.05) is 0 Å². The van der Waals surface area contributed by atoms with Crippen molar-refractivity contribution in [3.8, 4) is 0 Å². The molecular formula is C18H21NO3S. The van der Waals surface area contributed by atoms with Crippen LogP contribution < -0.4 is 5.32 Å². The number of anilines is 1. The summed E-state index contributed by atoms with van der Waals surface area (Å²) >= 11 is 1.32. The highest BCUT2D eigenvalue weighted by Gasteiger charge is 2.17. The lowest BCUT2D eigenvalue weighted by atomic mass is 9.97. The Labute approximate surface area is 140 Å². The lowest BCUT2D eigenvalue weighted by Crippen LogP contribution is -2.17. The van der Waals surface area contributed by atoms with E-state index in [1.165, 1.54) is 16.9 Å². The van der Waals surface area contributed by atoms with Crippen LogP contribution in [0.3, 0.4) is 0 Å². The van der Waals surface area contributed by atoms with Crippen LogP contribution in [0.1, 0.15) is 39.5 Å². The second-order valence-corrected chi connectivity index (χ2v) is 6.40. The number of carbonyl (C=O) groups is 2. The number of hydrogen-bond acceptors (Lipinski definition) is 4. The number of amides is 1. The normalized spacial score (nSPS) is 10.4. The van der Waals surface area contributed by atoms with E-state index >= 15 is 0 Å². The lowest BCUT2D eigenvalue weighted by Gasteiger charge is -2.11. The molecule has 0 aliphatic rings. The molecule has 1 amide bonds. The van der Waals surface area contributed by atoms with Crippen LogP contribution >= 0.6 is 11.3 Å². The highest BCUT2D eigenvalue weighted by Crippen LogP contribution is 2.25. The smallest absolute Gasteiger partial charge is 0.341 e. The van der Waals surface area contributed by atoms with Crippen LogP contribution in [0.25, 0.3) is 0 Å². The summed E-state index contributed by atoms with van der Waals surface area (Å²) in [6.45, 7) is 8.13. The molecule has 0 bridgehead atoms. The zero-order chi connectivity index (χ0) is 17.0. The summed E-state index contributed by atoms with van der Waals surface area (Å²) in [4.78, 5) is 24.2. The Bertz CT molecular complexity index is 711. The first-order valence-electron chi connectivity index (χ1n) is 7.53. The highest BCUT2D eigenvalue weighted by molar-refractivity contribution is 7.14. The van der Waals surface area contributed by atoms with Crippen LogP contribution in [-0.4, -0.2) is 18.5 Å². The largest absolute Gasteiger partial charge is 0.462 e. The van der Waals surface area contributed by atoms with Crippen LogP contribution in [-0.2, 0) is 16.0 Å². The SMILES string of the molecule is CCOC(=O)c1ccsc1NC(=O)Cc1c(C)cc(C)cc1C. The summed E-state index contributed by atoms with van der Waals surface area (Å²) in [5.74, 6) is -0.542. The Morgan fingerprint density at radius 3 is 2.43 bits per heavy atom. The molecule has 0 atom stereocenters. The third kappa shape index (κ3) is 4.20. The van der Waals surface area contributed by atoms with Gasteiger partial charge in [0.25, 0.3) is 0 Å². The Morgan fingerprint density at radius 1 is 1.17 bits per heavy atom. The molecule has 23 heavy (non-hydrogen) atoms. The van der Waals surface area contributed by atoms with E-state index in [9.17, 15) is 9.59 Å². The van der Waals surface area contributed by atoms with Gasteiger partial charge in [-0.05, 0) is 55.8 Å². The van der Waals surface area contributed by atoms with Crippen molar-refractivity contribution < 1.29 is 14.3 Å². The molecule has 5 heteroatoms. The van der Waals surface area contributed by atoms with E-state index in [1.807, 2.05) is 20.8 Å². The third-order valence-electron chi connectivity index (χ3n) is 3.59. The topological polar surface area (TPSA) is 55.4 Å². The van der Waals surface area contributed by atoms with E-state index < -0.39 is 5.97 Å². The summed E-state index contributed by atoms with van der Waals surface area (Å²) in [6, 6.07) is 5.82. The molecule has 0 radical (unpaired) electrons. The highest BCUT2D eigenvalue weighted by atomic mass is 32.1. The maximum atomic E-state index is 12.3. The minimum atomic E-state index is -0.410. The molecule has 0 fully saturated rings. The Morgan fingerprint density at radius 2 is 1.83 bits per heavy atom. The zero-order valence-electron chi connectivity index (χ0n) is 13.9. The summed E-state index contributed by atoms with van der Waals surface area (Å²) in [7, 11) is 0. The molecule has 1 N–H and O–H groups in total. The molecule has 4 nitrogen and oxygen atoms in total. The van der Waals surface area contributed by atoms with Crippen molar-refractivity contribution in [2.45, 2.75) is 34.1 Å². The van der Waals surface area contributed by atoms with Crippen molar-refractivity contribution in [3.05, 3.63) is 51.4 Å². The van der Waals surface area contributed by atoms with Crippen LogP contribution in [0.4, 0.5) is 5.00 Å². The predicted molar refractivity (Wildman–Crippen MR) is 93.3 cm³/mol. The van der Waals surface area contributed by atoms with E-state index in [0.29, 0.717) is 17.2 Å². The summed E-state index contributed by atoms with van der Waals surface area (Å²) in [5.41, 5.74) is 4.83. The molecule has 1 aromatic carbocycles. The monoisotopic (exact) mass is 331 g/mol. The molecule has 1 heterocycles. The van der Waals surface area contributed by atoms with E-state index in [0.717, 1.165) is 16.7 Å². The molecule has 0 saturated carbocycles. The fourth-order valence-corrected chi connectivity index (χ4v) is 3.39. The van der Waals surface area contributed by atoms with E-state index in [-0.39, 0.29) is 12.3 Å². The molecule has 0 aliphatic carbocycles. The van der Waals surface area contributed by atoms with Gasteiger partial charge >= 0.3 is 5.97 Å². The van der Waals surface area contributed by atoms with Gasteiger partial charge in [0.1, 0.15) is 5.00 Å². The van der Waals surface area contributed by atoms with Gasteiger partial charge < -0.3 is 10.1 Å². The maximum Gasteiger partial charge on any atom is 0.341 e. The zero-order valence-corrected chi connectivity index (χ0v) is 14.7. The van der Waals surface area contributed by atoms with Crippen molar-refractivity contribution in [2.24, 2.45) is 0 Å². The third-order valence-corrected chi connectivity index (χ3v) is 4.42. The number of aryl methyl sites for hydroxylation is 3. The van der Waals surface area contributed by atoms with Gasteiger partial charge in [-0.1, -0.05) is 17.7 Å². The molecule has 0 saturated heterocycles. The van der Waals surface area contributed by atoms with Crippen LogP contribution in [0, 0.1) is 20.8 Å². The summed E-state index contributed by atoms with van der Waals surface area (Å²) in [6.07, 6.45) is 0.290. The molecule has 122 valence electrons. The quantitative estimate of drug-likeness (QED) is 0.842. The fraction of sp³-hybridized carbons (Fsp3) is 0.333. The van der Waals surface area contributed by atoms with E-state index in [4.69, 9.17) is 4.74 Å². The molecule has 0 unspecified atom stereocenters. The first-order valence-corrected chi connectivity index (χ1v) is 8.41. The van der Waals surface area contributed by atoms with Gasteiger partial charge in [-0.3, -0.25) is 4.79 Å². The van der Waals surface area contributed by atoms with Crippen molar-refractivity contribution in [1.29, 1.82) is 0 Å². The average molecular weight is 331 g/mol. The van der Waals surface area contributed by atoms with Crippen molar-refractivity contribution in [1.82, 2.24) is 0 Å². The lowest BCUT2D eigenvalue weighted by molar-refractivity contribution is -0.115. The number of esters is 1. The van der Waals surface area contributed by atoms with Gasteiger partial charge in [-0.25, -0.2) is 4.79 Å². The number of hydrogen-bond donors (Lipinski definition) is 1. The minimum Gasteiger partial charge on any atom is -0.462 e. The van der Waals surface area contributed by atoms with Gasteiger partial charge in [-0.15, -0.1) is 11.3 Å². The number of benzene rings is 1. The van der Waals surface area contributed by atoms with Gasteiger partial charge in [0.05, 0.1) is 18.6 Å². The van der Waals surface area contributed by atoms with Crippen LogP contribution in [0.15, 0.2) is 23.6 Å². The molecule has 1 aromatic heterocycles. The second-order valence-electron chi connectivity index (χ2n) is 5.49. The van der Waals surface area contributed by atoms with Gasteiger partial charge in [0.2, 0.25) is 5.91 Å². The van der Waals surface area contributed by atoms with Gasteiger partial charge in [-0.2, -0.15) is 0 Å². The summed E-state index contributed by atoms with van der Waals surface area (Å²) in [5, 5.41) is 5.13. The molecule has 2 rings (SSSR count). The second kappa shape index (κ2) is 7.42. The first-order chi connectivity index (χ1) is 10.9. The fourth-order valence-electron chi connectivity index (χ4n) is 2.60. The number of carbonyl (C=O) groups excluding carboxylic acids is 2. The number of thiophene rings is 1. The summed E-state index contributed by atoms with van der Waals surface area (Å²) < 4.78 is 4.99. The molecule has 0 aliphatic heterocycles. The Kier molecular flexibility index (Phi) is 5.55. The number of nitrogens with one attached hydrogen (secondary N) is 1. The van der Waals surface area contributed by atoms with Crippen molar-refractivity contribution >= 4 is 28.2 Å². The number of ether oxygens (including phenoxy) is 1. The van der Waals surface area contributed by atoms with Crippen molar-refractivity contribution in [3.63, 3.8) is 0 Å². The van der Waals surface area contributed by atoms with Crippen LogP contribution in [0.2, 0.25) is 0 Å². The Hall–Kier alpha value is -2.14. The van der Waals surface area contributed by atoms with E-state index in [2.05, 4.69) is 17.4 Å². The van der Waals surface area contributed by atoms with E-state index in [1.54, 1.807) is 18.4 Å². The van der Waals surface area contributed by atoms with Gasteiger partial charge in [0.15, 0.2) is 0 Å². The Balaban J connectivity index is 2.12. The maximum absolute atomic E-state index is 12.3. The minimum absolute atomic E-state index is 0.131. The first kappa shape index (κ1) is 17.2. The predicted octanol–water partition coefficient (Wildman–Crippen LogP) is 4.03.